The fraction of sp³-hybridized carbons (Fsp3) is 0.316. The fourth-order valence-electron chi connectivity index (χ4n) is 2.62. The summed E-state index contributed by atoms with van der Waals surface area (Å²) in [6.45, 7) is 4.53. The van der Waals surface area contributed by atoms with Gasteiger partial charge in [0.25, 0.3) is 0 Å². The van der Waals surface area contributed by atoms with Crippen LogP contribution in [0.5, 0.6) is 5.75 Å². The first-order valence-corrected chi connectivity index (χ1v) is 9.52. The smallest absolute Gasteiger partial charge is 0.347 e. The van der Waals surface area contributed by atoms with Crippen molar-refractivity contribution in [3.63, 3.8) is 0 Å². The largest absolute Gasteiger partial charge is 0.479 e. The molecule has 1 unspecified atom stereocenters. The normalized spacial score (nSPS) is 14.6. The second kappa shape index (κ2) is 8.10. The van der Waals surface area contributed by atoms with Gasteiger partial charge in [0.05, 0.1) is 17.2 Å². The molecule has 0 amide bonds. The van der Waals surface area contributed by atoms with Gasteiger partial charge in [0.1, 0.15) is 12.4 Å². The maximum atomic E-state index is 11.7. The molecule has 0 aliphatic carbocycles. The summed E-state index contributed by atoms with van der Waals surface area (Å²) in [6.07, 6.45) is -0.639. The second-order valence-electron chi connectivity index (χ2n) is 5.93. The molecule has 138 valence electrons. The highest BCUT2D eigenvalue weighted by atomic mass is 35.5. The van der Waals surface area contributed by atoms with Gasteiger partial charge in [0, 0.05) is 23.8 Å². The van der Waals surface area contributed by atoms with Crippen molar-refractivity contribution < 1.29 is 14.3 Å². The summed E-state index contributed by atoms with van der Waals surface area (Å²) >= 11 is 7.64. The monoisotopic (exact) mass is 392 g/mol. The van der Waals surface area contributed by atoms with Crippen molar-refractivity contribution in [2.45, 2.75) is 24.8 Å². The van der Waals surface area contributed by atoms with Crippen molar-refractivity contribution in [3.05, 3.63) is 47.5 Å². The highest BCUT2D eigenvalue weighted by molar-refractivity contribution is 8.00. The Balaban J connectivity index is 1.75. The van der Waals surface area contributed by atoms with E-state index >= 15 is 0 Å². The van der Waals surface area contributed by atoms with Crippen LogP contribution < -0.4 is 13.9 Å². The SMILES string of the molecule is CCOC(=O)C(C)Oc1ccc2c(c1)N(C)CN(c1ccc(Cl)cc1)S2. The number of carbonyl (C=O) groups excluding carboxylic acids is 1. The Morgan fingerprint density at radius 3 is 2.69 bits per heavy atom. The minimum absolute atomic E-state index is 0.344. The molecule has 2 aromatic carbocycles. The maximum absolute atomic E-state index is 11.7. The Morgan fingerprint density at radius 1 is 1.27 bits per heavy atom. The zero-order valence-corrected chi connectivity index (χ0v) is 16.5. The molecule has 5 nitrogen and oxygen atoms in total. The van der Waals surface area contributed by atoms with Crippen molar-refractivity contribution in [2.75, 3.05) is 29.5 Å². The molecule has 0 saturated heterocycles. The summed E-state index contributed by atoms with van der Waals surface area (Å²) < 4.78 is 12.9. The van der Waals surface area contributed by atoms with Crippen LogP contribution in [-0.2, 0) is 9.53 Å². The van der Waals surface area contributed by atoms with Crippen LogP contribution in [0, 0.1) is 0 Å². The van der Waals surface area contributed by atoms with Gasteiger partial charge in [-0.15, -0.1) is 0 Å². The third-order valence-electron chi connectivity index (χ3n) is 3.94. The predicted octanol–water partition coefficient (Wildman–Crippen LogP) is 4.59. The first-order chi connectivity index (χ1) is 12.5. The lowest BCUT2D eigenvalue weighted by Crippen LogP contribution is -2.35. The summed E-state index contributed by atoms with van der Waals surface area (Å²) in [5.74, 6) is 0.290. The molecule has 1 aliphatic heterocycles. The molecule has 0 spiro atoms. The number of carbonyl (C=O) groups is 1. The zero-order chi connectivity index (χ0) is 18.7. The van der Waals surface area contributed by atoms with Gasteiger partial charge in [-0.3, -0.25) is 4.31 Å². The van der Waals surface area contributed by atoms with E-state index in [-0.39, 0.29) is 5.97 Å². The number of halogens is 1. The highest BCUT2D eigenvalue weighted by Gasteiger charge is 2.23. The minimum Gasteiger partial charge on any atom is -0.479 e. The Labute approximate surface area is 163 Å². The third-order valence-corrected chi connectivity index (χ3v) is 5.28. The second-order valence-corrected chi connectivity index (χ2v) is 7.43. The molecule has 0 bridgehead atoms. The molecule has 1 aliphatic rings. The van der Waals surface area contributed by atoms with Crippen LogP contribution in [0.1, 0.15) is 13.8 Å². The fourth-order valence-corrected chi connectivity index (χ4v) is 3.87. The van der Waals surface area contributed by atoms with E-state index in [0.29, 0.717) is 12.4 Å². The lowest BCUT2D eigenvalue weighted by Gasteiger charge is -2.36. The number of fused-ring (bicyclic) bond motifs is 1. The summed E-state index contributed by atoms with van der Waals surface area (Å²) in [4.78, 5) is 15.0. The average Bonchev–Trinajstić information content (AvgIpc) is 2.63. The standard InChI is InChI=1S/C19H21ClN2O3S/c1-4-24-19(23)13(2)25-16-9-10-18-17(11-16)21(3)12-22(26-18)15-7-5-14(20)6-8-15/h5-11,13H,4,12H2,1-3H3. The van der Waals surface area contributed by atoms with Crippen LogP contribution in [-0.4, -0.2) is 32.4 Å². The molecular weight excluding hydrogens is 372 g/mol. The molecule has 3 rings (SSSR count). The van der Waals surface area contributed by atoms with E-state index in [1.54, 1.807) is 25.8 Å². The Hall–Kier alpha value is -2.05. The minimum atomic E-state index is -0.639. The van der Waals surface area contributed by atoms with Crippen molar-refractivity contribution in [3.8, 4) is 5.75 Å². The first kappa shape index (κ1) is 18.7. The quantitative estimate of drug-likeness (QED) is 0.547. The number of anilines is 2. The summed E-state index contributed by atoms with van der Waals surface area (Å²) in [5, 5.41) is 0.724. The average molecular weight is 393 g/mol. The number of ether oxygens (including phenoxy) is 2. The van der Waals surface area contributed by atoms with Crippen molar-refractivity contribution in [1.29, 1.82) is 0 Å². The molecule has 0 N–H and O–H groups in total. The molecule has 7 heteroatoms. The van der Waals surface area contributed by atoms with E-state index < -0.39 is 6.10 Å². The molecule has 2 aromatic rings. The van der Waals surface area contributed by atoms with Gasteiger partial charge in [-0.25, -0.2) is 4.79 Å². The van der Waals surface area contributed by atoms with E-state index in [4.69, 9.17) is 21.1 Å². The molecule has 0 radical (unpaired) electrons. The van der Waals surface area contributed by atoms with E-state index in [2.05, 4.69) is 9.21 Å². The lowest BCUT2D eigenvalue weighted by atomic mass is 10.2. The number of rotatable bonds is 5. The molecular formula is C19H21ClN2O3S. The van der Waals surface area contributed by atoms with Crippen LogP contribution >= 0.6 is 23.5 Å². The molecule has 1 heterocycles. The Morgan fingerprint density at radius 2 is 2.00 bits per heavy atom. The summed E-state index contributed by atoms with van der Waals surface area (Å²) in [6, 6.07) is 13.6. The maximum Gasteiger partial charge on any atom is 0.347 e. The molecule has 26 heavy (non-hydrogen) atoms. The topological polar surface area (TPSA) is 42.0 Å². The lowest BCUT2D eigenvalue weighted by molar-refractivity contribution is -0.150. The summed E-state index contributed by atoms with van der Waals surface area (Å²) in [7, 11) is 2.03. The van der Waals surface area contributed by atoms with Gasteiger partial charge in [-0.1, -0.05) is 11.6 Å². The van der Waals surface area contributed by atoms with Crippen molar-refractivity contribution in [1.82, 2.24) is 0 Å². The molecule has 0 fully saturated rings. The van der Waals surface area contributed by atoms with E-state index in [0.717, 1.165) is 28.0 Å². The van der Waals surface area contributed by atoms with Crippen LogP contribution in [0.4, 0.5) is 11.4 Å². The number of hydrogen-bond acceptors (Lipinski definition) is 6. The molecule has 1 atom stereocenters. The highest BCUT2D eigenvalue weighted by Crippen LogP contribution is 2.41. The first-order valence-electron chi connectivity index (χ1n) is 8.37. The van der Waals surface area contributed by atoms with Crippen LogP contribution in [0.2, 0.25) is 5.02 Å². The van der Waals surface area contributed by atoms with Crippen LogP contribution in [0.3, 0.4) is 0 Å². The number of benzene rings is 2. The molecule has 0 saturated carbocycles. The van der Waals surface area contributed by atoms with E-state index in [1.807, 2.05) is 49.5 Å². The Bertz CT molecular complexity index is 785. The van der Waals surface area contributed by atoms with Gasteiger partial charge in [0.2, 0.25) is 0 Å². The van der Waals surface area contributed by atoms with Gasteiger partial charge >= 0.3 is 5.97 Å². The zero-order valence-electron chi connectivity index (χ0n) is 14.9. The van der Waals surface area contributed by atoms with E-state index in [1.165, 1.54) is 0 Å². The van der Waals surface area contributed by atoms with Gasteiger partial charge < -0.3 is 14.4 Å². The molecule has 0 aromatic heterocycles. The van der Waals surface area contributed by atoms with Crippen LogP contribution in [0.15, 0.2) is 47.4 Å². The van der Waals surface area contributed by atoms with Gasteiger partial charge in [-0.05, 0) is 62.2 Å². The van der Waals surface area contributed by atoms with E-state index in [9.17, 15) is 4.79 Å². The van der Waals surface area contributed by atoms with Crippen molar-refractivity contribution >= 4 is 40.9 Å². The third kappa shape index (κ3) is 4.19. The predicted molar refractivity (Wildman–Crippen MR) is 106 cm³/mol. The Kier molecular flexibility index (Phi) is 5.84. The number of esters is 1. The van der Waals surface area contributed by atoms with Crippen LogP contribution in [0.25, 0.3) is 0 Å². The van der Waals surface area contributed by atoms with Gasteiger partial charge in [0.15, 0.2) is 6.10 Å². The number of hydrogen-bond donors (Lipinski definition) is 0. The summed E-state index contributed by atoms with van der Waals surface area (Å²) in [5.41, 5.74) is 2.15. The number of nitrogens with zero attached hydrogens (tertiary/aromatic N) is 2. The van der Waals surface area contributed by atoms with Crippen molar-refractivity contribution in [2.24, 2.45) is 0 Å². The van der Waals surface area contributed by atoms with Gasteiger partial charge in [-0.2, -0.15) is 0 Å².